The van der Waals surface area contributed by atoms with Gasteiger partial charge in [0.15, 0.2) is 0 Å². The third-order valence-corrected chi connectivity index (χ3v) is 6.49. The summed E-state index contributed by atoms with van der Waals surface area (Å²) in [6.45, 7) is 0.498. The van der Waals surface area contributed by atoms with Crippen LogP contribution in [0.5, 0.6) is 5.75 Å². The Balaban J connectivity index is 1.57. The van der Waals surface area contributed by atoms with Gasteiger partial charge in [-0.05, 0) is 66.9 Å². The van der Waals surface area contributed by atoms with Crippen LogP contribution in [0.2, 0.25) is 0 Å². The Morgan fingerprint density at radius 3 is 2.33 bits per heavy atom. The van der Waals surface area contributed by atoms with Crippen molar-refractivity contribution < 1.29 is 31.1 Å². The van der Waals surface area contributed by atoms with Gasteiger partial charge < -0.3 is 9.64 Å². The molecule has 0 atom stereocenters. The summed E-state index contributed by atoms with van der Waals surface area (Å²) in [5.41, 5.74) is 2.29. The lowest BCUT2D eigenvalue weighted by Crippen LogP contribution is -2.35. The summed E-state index contributed by atoms with van der Waals surface area (Å²) in [7, 11) is -4.08. The molecule has 0 saturated carbocycles. The van der Waals surface area contributed by atoms with Gasteiger partial charge in [-0.3, -0.25) is 9.52 Å². The highest BCUT2D eigenvalue weighted by Gasteiger charge is 2.31. The van der Waals surface area contributed by atoms with Crippen molar-refractivity contribution in [1.82, 2.24) is 0 Å². The zero-order valence-corrected chi connectivity index (χ0v) is 18.0. The average Bonchev–Trinajstić information content (AvgIpc) is 2.78. The number of amides is 1. The van der Waals surface area contributed by atoms with Gasteiger partial charge in [-0.1, -0.05) is 24.3 Å². The van der Waals surface area contributed by atoms with Crippen molar-refractivity contribution >= 4 is 27.3 Å². The lowest BCUT2D eigenvalue weighted by molar-refractivity contribution is -0.274. The number of rotatable bonds is 5. The summed E-state index contributed by atoms with van der Waals surface area (Å²) in [4.78, 5) is 14.4. The Morgan fingerprint density at radius 2 is 1.67 bits per heavy atom. The second-order valence-corrected chi connectivity index (χ2v) is 9.08. The Hall–Kier alpha value is -3.53. The number of benzene rings is 3. The molecule has 0 spiro atoms. The van der Waals surface area contributed by atoms with Crippen molar-refractivity contribution in [2.24, 2.45) is 0 Å². The molecule has 1 aliphatic heterocycles. The number of carbonyl (C=O) groups is 1. The van der Waals surface area contributed by atoms with Gasteiger partial charge in [0.2, 0.25) is 0 Å². The van der Waals surface area contributed by atoms with Gasteiger partial charge >= 0.3 is 6.36 Å². The van der Waals surface area contributed by atoms with Crippen molar-refractivity contribution in [3.8, 4) is 5.75 Å². The van der Waals surface area contributed by atoms with Crippen LogP contribution in [0.3, 0.4) is 0 Å². The molecular formula is C23H19F3N2O4S. The largest absolute Gasteiger partial charge is 0.573 e. The molecule has 1 aliphatic rings. The average molecular weight is 476 g/mol. The lowest BCUT2D eigenvalue weighted by Gasteiger charge is -2.30. The molecule has 172 valence electrons. The summed E-state index contributed by atoms with van der Waals surface area (Å²) >= 11 is 0. The van der Waals surface area contributed by atoms with E-state index in [4.69, 9.17) is 0 Å². The quantitative estimate of drug-likeness (QED) is 0.564. The molecule has 0 aliphatic carbocycles. The minimum Gasteiger partial charge on any atom is -0.406 e. The molecule has 3 aromatic rings. The Bertz CT molecular complexity index is 1260. The molecule has 0 unspecified atom stereocenters. The van der Waals surface area contributed by atoms with Gasteiger partial charge in [0.1, 0.15) is 5.75 Å². The minimum absolute atomic E-state index is 0.184. The van der Waals surface area contributed by atoms with Crippen LogP contribution in [0.15, 0.2) is 77.7 Å². The number of ether oxygens (including phenoxy) is 1. The first-order valence-corrected chi connectivity index (χ1v) is 11.5. The fraction of sp³-hybridized carbons (Fsp3) is 0.174. The first kappa shape index (κ1) is 22.7. The van der Waals surface area contributed by atoms with Crippen molar-refractivity contribution in [1.29, 1.82) is 0 Å². The zero-order chi connectivity index (χ0) is 23.6. The maximum atomic E-state index is 13.0. The minimum atomic E-state index is -4.87. The molecule has 0 radical (unpaired) electrons. The number of sulfonamides is 1. The number of nitrogens with zero attached hydrogens (tertiary/aromatic N) is 1. The van der Waals surface area contributed by atoms with Crippen LogP contribution >= 0.6 is 0 Å². The number of anilines is 2. The molecule has 4 rings (SSSR count). The zero-order valence-electron chi connectivity index (χ0n) is 17.2. The maximum Gasteiger partial charge on any atom is 0.573 e. The van der Waals surface area contributed by atoms with E-state index in [0.29, 0.717) is 17.8 Å². The Morgan fingerprint density at radius 1 is 0.970 bits per heavy atom. The number of carbonyl (C=O) groups excluding carboxylic acids is 1. The van der Waals surface area contributed by atoms with Gasteiger partial charge in [-0.15, -0.1) is 13.2 Å². The van der Waals surface area contributed by atoms with Crippen LogP contribution in [0, 0.1) is 0 Å². The molecule has 3 aromatic carbocycles. The van der Waals surface area contributed by atoms with Crippen LogP contribution in [0.25, 0.3) is 0 Å². The number of hydrogen-bond donors (Lipinski definition) is 1. The molecule has 0 fully saturated rings. The van der Waals surface area contributed by atoms with E-state index in [1.54, 1.807) is 47.4 Å². The van der Waals surface area contributed by atoms with E-state index in [1.807, 2.05) is 6.07 Å². The van der Waals surface area contributed by atoms with Gasteiger partial charge in [0, 0.05) is 17.8 Å². The number of halogens is 3. The summed E-state index contributed by atoms with van der Waals surface area (Å²) in [6.07, 6.45) is -3.34. The second kappa shape index (κ2) is 8.78. The van der Waals surface area contributed by atoms with E-state index in [2.05, 4.69) is 9.46 Å². The van der Waals surface area contributed by atoms with Crippen LogP contribution in [0.4, 0.5) is 24.5 Å². The highest BCUT2D eigenvalue weighted by Crippen LogP contribution is 2.32. The molecule has 0 aromatic heterocycles. The van der Waals surface area contributed by atoms with Crippen molar-refractivity contribution in [3.05, 3.63) is 83.9 Å². The smallest absolute Gasteiger partial charge is 0.406 e. The first-order chi connectivity index (χ1) is 15.6. The fourth-order valence-electron chi connectivity index (χ4n) is 3.62. The lowest BCUT2D eigenvalue weighted by atomic mass is 10.00. The highest BCUT2D eigenvalue weighted by molar-refractivity contribution is 7.92. The molecule has 1 N–H and O–H groups in total. The third kappa shape index (κ3) is 5.28. The third-order valence-electron chi connectivity index (χ3n) is 5.09. The van der Waals surface area contributed by atoms with Crippen LogP contribution < -0.4 is 14.4 Å². The van der Waals surface area contributed by atoms with Crippen molar-refractivity contribution in [2.75, 3.05) is 16.2 Å². The second-order valence-electron chi connectivity index (χ2n) is 7.39. The van der Waals surface area contributed by atoms with E-state index in [0.717, 1.165) is 42.7 Å². The van der Waals surface area contributed by atoms with Crippen molar-refractivity contribution in [3.63, 3.8) is 0 Å². The van der Waals surface area contributed by atoms with Gasteiger partial charge in [0.05, 0.1) is 10.6 Å². The predicted molar refractivity (Wildman–Crippen MR) is 117 cm³/mol. The molecule has 1 amide bonds. The number of nitrogens with one attached hydrogen (secondary N) is 1. The van der Waals surface area contributed by atoms with Crippen molar-refractivity contribution in [2.45, 2.75) is 24.1 Å². The number of fused-ring (bicyclic) bond motifs is 1. The van der Waals surface area contributed by atoms with E-state index in [-0.39, 0.29) is 16.5 Å². The van der Waals surface area contributed by atoms with Gasteiger partial charge in [-0.25, -0.2) is 8.42 Å². The van der Waals surface area contributed by atoms with Gasteiger partial charge in [0.25, 0.3) is 15.9 Å². The van der Waals surface area contributed by atoms with E-state index < -0.39 is 22.1 Å². The summed E-state index contributed by atoms with van der Waals surface area (Å²) in [5, 5.41) is 0. The molecular weight excluding hydrogens is 457 g/mol. The van der Waals surface area contributed by atoms with Gasteiger partial charge in [-0.2, -0.15) is 0 Å². The summed E-state index contributed by atoms with van der Waals surface area (Å²) < 4.78 is 68.6. The first-order valence-electron chi connectivity index (χ1n) is 10.0. The highest BCUT2D eigenvalue weighted by atomic mass is 32.2. The fourth-order valence-corrected chi connectivity index (χ4v) is 4.67. The van der Waals surface area contributed by atoms with E-state index in [9.17, 15) is 26.4 Å². The van der Waals surface area contributed by atoms with Crippen LogP contribution in [0.1, 0.15) is 22.3 Å². The molecule has 6 nitrogen and oxygen atoms in total. The molecule has 33 heavy (non-hydrogen) atoms. The number of aryl methyl sites for hydroxylation is 1. The SMILES string of the molecule is O=C(c1ccccc1)N1CCCc2ccc(NS(=O)(=O)c3ccc(OC(F)(F)F)cc3)cc21. The summed E-state index contributed by atoms with van der Waals surface area (Å²) in [6, 6.07) is 17.6. The monoisotopic (exact) mass is 476 g/mol. The summed E-state index contributed by atoms with van der Waals surface area (Å²) in [5.74, 6) is -0.706. The van der Waals surface area contributed by atoms with Crippen LogP contribution in [-0.2, 0) is 16.4 Å². The number of hydrogen-bond acceptors (Lipinski definition) is 4. The maximum absolute atomic E-state index is 13.0. The topological polar surface area (TPSA) is 75.7 Å². The molecule has 1 heterocycles. The number of alkyl halides is 3. The standard InChI is InChI=1S/C23H19F3N2O4S/c24-23(25,26)32-19-10-12-20(13-11-19)33(30,31)27-18-9-8-16-7-4-14-28(21(16)15-18)22(29)17-5-2-1-3-6-17/h1-3,5-6,8-13,15,27H,4,7,14H2. The molecule has 0 saturated heterocycles. The Kier molecular flexibility index (Phi) is 6.03. The normalized spacial score (nSPS) is 13.8. The Labute approximate surface area is 188 Å². The molecule has 10 heteroatoms. The van der Waals surface area contributed by atoms with E-state index in [1.165, 1.54) is 0 Å². The van der Waals surface area contributed by atoms with Crippen LogP contribution in [-0.4, -0.2) is 27.2 Å². The van der Waals surface area contributed by atoms with E-state index >= 15 is 0 Å². The predicted octanol–water partition coefficient (Wildman–Crippen LogP) is 4.98. The molecule has 0 bridgehead atoms.